The number of rotatable bonds is 11. The number of carboxylic acid groups (broad SMARTS) is 1. The van der Waals surface area contributed by atoms with Gasteiger partial charge in [-0.3, -0.25) is 9.59 Å². The first-order valence-electron chi connectivity index (χ1n) is 9.79. The molecule has 1 aromatic rings. The third kappa shape index (κ3) is 8.34. The first-order chi connectivity index (χ1) is 12.7. The molecule has 27 heavy (non-hydrogen) atoms. The minimum atomic E-state index is -0.708. The summed E-state index contributed by atoms with van der Waals surface area (Å²) in [5, 5.41) is 9.55. The lowest BCUT2D eigenvalue weighted by atomic mass is 9.80. The van der Waals surface area contributed by atoms with Crippen LogP contribution < -0.4 is 0 Å². The molecule has 0 spiro atoms. The molecule has 2 atom stereocenters. The maximum absolute atomic E-state index is 12.6. The molecule has 0 heterocycles. The van der Waals surface area contributed by atoms with Crippen molar-refractivity contribution < 1.29 is 19.3 Å². The Balaban J connectivity index is 0.00000326. The Morgan fingerprint density at radius 3 is 1.89 bits per heavy atom. The predicted molar refractivity (Wildman–Crippen MR) is 114 cm³/mol. The molecule has 0 aromatic heterocycles. The van der Waals surface area contributed by atoms with Crippen LogP contribution in [0.4, 0.5) is 0 Å². The molecule has 1 N–H and O–H groups in total. The van der Waals surface area contributed by atoms with Gasteiger partial charge >= 0.3 is 15.1 Å². The lowest BCUT2D eigenvalue weighted by molar-refractivity contribution is -0.149. The minimum absolute atomic E-state index is 0.179. The molecule has 1 aromatic carbocycles. The van der Waals surface area contributed by atoms with Crippen LogP contribution in [0.15, 0.2) is 12.1 Å². The Kier molecular flexibility index (Phi) is 12.0. The molecular weight excluding hydrogens is 359 g/mol. The van der Waals surface area contributed by atoms with Gasteiger partial charge in [-0.15, -0.1) is 0 Å². The molecule has 2 unspecified atom stereocenters. The molecule has 0 bridgehead atoms. The largest absolute Gasteiger partial charge is 0.481 e. The van der Waals surface area contributed by atoms with Gasteiger partial charge < -0.3 is 5.11 Å². The molecule has 4 nitrogen and oxygen atoms in total. The van der Waals surface area contributed by atoms with Crippen LogP contribution in [-0.4, -0.2) is 16.9 Å². The second kappa shape index (κ2) is 12.8. The molecule has 0 aliphatic rings. The van der Waals surface area contributed by atoms with Crippen molar-refractivity contribution in [3.63, 3.8) is 0 Å². The van der Waals surface area contributed by atoms with Gasteiger partial charge in [-0.05, 0) is 58.1 Å². The highest BCUT2D eigenvalue weighted by molar-refractivity contribution is 7.00. The fourth-order valence-electron chi connectivity index (χ4n) is 3.65. The zero-order valence-electron chi connectivity index (χ0n) is 17.6. The van der Waals surface area contributed by atoms with Crippen LogP contribution in [0.2, 0.25) is 0 Å². The fourth-order valence-corrected chi connectivity index (χ4v) is 3.65. The summed E-state index contributed by atoms with van der Waals surface area (Å²) in [5.41, 5.74) is 3.44. The molecule has 0 radical (unpaired) electrons. The zero-order chi connectivity index (χ0) is 21.0. The molecule has 0 aliphatic carbocycles. The van der Waals surface area contributed by atoms with E-state index < -0.39 is 11.4 Å². The Labute approximate surface area is 166 Å². The molecule has 0 saturated carbocycles. The SMILES string of the molecule is CCCCCC(C)(CCCCC(=O)c1c(C)cc(C)cc1C)C(=O)O.O=[PH2+]. The van der Waals surface area contributed by atoms with Gasteiger partial charge in [0.15, 0.2) is 5.78 Å². The maximum atomic E-state index is 12.6. The first-order valence-corrected chi connectivity index (χ1v) is 10.3. The minimum Gasteiger partial charge on any atom is -0.481 e. The van der Waals surface area contributed by atoms with Gasteiger partial charge in [-0.2, -0.15) is 0 Å². The van der Waals surface area contributed by atoms with Crippen LogP contribution >= 0.6 is 9.12 Å². The summed E-state index contributed by atoms with van der Waals surface area (Å²) in [7, 11) is 1.17. The molecule has 5 heteroatoms. The van der Waals surface area contributed by atoms with Gasteiger partial charge in [0.05, 0.1) is 5.41 Å². The predicted octanol–water partition coefficient (Wildman–Crippen LogP) is 6.23. The smallest absolute Gasteiger partial charge is 0.310 e. The van der Waals surface area contributed by atoms with Crippen molar-refractivity contribution >= 4 is 20.9 Å². The summed E-state index contributed by atoms with van der Waals surface area (Å²) in [6.45, 7) is 9.99. The monoisotopic (exact) mass is 395 g/mol. The summed E-state index contributed by atoms with van der Waals surface area (Å²) in [5.74, 6) is -0.529. The van der Waals surface area contributed by atoms with Crippen molar-refractivity contribution in [2.24, 2.45) is 5.41 Å². The molecule has 0 saturated heterocycles. The van der Waals surface area contributed by atoms with E-state index in [0.717, 1.165) is 55.2 Å². The van der Waals surface area contributed by atoms with Crippen molar-refractivity contribution in [3.8, 4) is 0 Å². The summed E-state index contributed by atoms with van der Waals surface area (Å²) in [6.07, 6.45) is 6.53. The van der Waals surface area contributed by atoms with Crippen LogP contribution in [0.25, 0.3) is 0 Å². The molecule has 152 valence electrons. The highest BCUT2D eigenvalue weighted by Crippen LogP contribution is 2.31. The van der Waals surface area contributed by atoms with Crippen molar-refractivity contribution in [2.45, 2.75) is 86.0 Å². The van der Waals surface area contributed by atoms with E-state index in [9.17, 15) is 14.7 Å². The van der Waals surface area contributed by atoms with Crippen LogP contribution in [0.1, 0.15) is 92.3 Å². The molecule has 0 aliphatic heterocycles. The lowest BCUT2D eigenvalue weighted by Gasteiger charge is -2.24. The van der Waals surface area contributed by atoms with E-state index in [1.54, 1.807) is 0 Å². The number of carbonyl (C=O) groups is 2. The van der Waals surface area contributed by atoms with Crippen LogP contribution in [-0.2, 0) is 9.36 Å². The fraction of sp³-hybridized carbons (Fsp3) is 0.636. The third-order valence-electron chi connectivity index (χ3n) is 5.19. The highest BCUT2D eigenvalue weighted by atomic mass is 31.0. The number of Topliss-reactive ketones (excluding diaryl/α,β-unsaturated/α-hetero) is 1. The van der Waals surface area contributed by atoms with E-state index in [1.807, 2.05) is 27.7 Å². The van der Waals surface area contributed by atoms with Crippen molar-refractivity contribution in [1.29, 1.82) is 0 Å². The van der Waals surface area contributed by atoms with Gasteiger partial charge in [0.25, 0.3) is 0 Å². The van der Waals surface area contributed by atoms with E-state index in [-0.39, 0.29) is 5.78 Å². The Bertz CT molecular complexity index is 604. The number of ketones is 1. The Morgan fingerprint density at radius 1 is 0.963 bits per heavy atom. The second-order valence-corrected chi connectivity index (χ2v) is 7.73. The number of aryl methyl sites for hydroxylation is 3. The number of carbonyl (C=O) groups excluding carboxylic acids is 1. The third-order valence-corrected chi connectivity index (χ3v) is 5.19. The normalized spacial score (nSPS) is 12.6. The summed E-state index contributed by atoms with van der Waals surface area (Å²) in [4.78, 5) is 24.2. The van der Waals surface area contributed by atoms with E-state index >= 15 is 0 Å². The van der Waals surface area contributed by atoms with E-state index in [4.69, 9.17) is 4.57 Å². The number of hydrogen-bond donors (Lipinski definition) is 1. The quantitative estimate of drug-likeness (QED) is 0.274. The van der Waals surface area contributed by atoms with E-state index in [2.05, 4.69) is 19.1 Å². The number of unbranched alkanes of at least 4 members (excludes halogenated alkanes) is 3. The number of hydrogen-bond acceptors (Lipinski definition) is 3. The second-order valence-electron chi connectivity index (χ2n) is 7.73. The van der Waals surface area contributed by atoms with Crippen LogP contribution in [0, 0.1) is 26.2 Å². The van der Waals surface area contributed by atoms with Gasteiger partial charge in [-0.1, -0.05) is 54.9 Å². The topological polar surface area (TPSA) is 71.4 Å². The van der Waals surface area contributed by atoms with Crippen LogP contribution in [0.3, 0.4) is 0 Å². The Hall–Kier alpha value is -1.54. The zero-order valence-corrected chi connectivity index (χ0v) is 18.7. The average molecular weight is 396 g/mol. The van der Waals surface area contributed by atoms with Crippen LogP contribution in [0.5, 0.6) is 0 Å². The van der Waals surface area contributed by atoms with E-state index in [0.29, 0.717) is 12.8 Å². The summed E-state index contributed by atoms with van der Waals surface area (Å²) in [6, 6.07) is 4.10. The van der Waals surface area contributed by atoms with Crippen molar-refractivity contribution in [3.05, 3.63) is 34.4 Å². The maximum Gasteiger partial charge on any atom is 0.310 e. The summed E-state index contributed by atoms with van der Waals surface area (Å²) >= 11 is 0. The van der Waals surface area contributed by atoms with E-state index in [1.165, 1.54) is 14.7 Å². The Morgan fingerprint density at radius 2 is 1.44 bits per heavy atom. The van der Waals surface area contributed by atoms with Crippen molar-refractivity contribution in [1.82, 2.24) is 0 Å². The van der Waals surface area contributed by atoms with Gasteiger partial charge in [-0.25, -0.2) is 0 Å². The van der Waals surface area contributed by atoms with Gasteiger partial charge in [0.2, 0.25) is 0 Å². The standard InChI is InChI=1S/C22H34O3.H2OP/c1-6-7-9-12-22(5,21(24)25)13-10-8-11-19(23)20-17(3)14-16(2)15-18(20)4;1-2/h14-15H,6-13H2,1-5H3,(H,24,25);2H2/q;+1. The summed E-state index contributed by atoms with van der Waals surface area (Å²) < 4.78 is 8.17. The number of carboxylic acids is 1. The van der Waals surface area contributed by atoms with Gasteiger partial charge in [0, 0.05) is 12.0 Å². The first kappa shape index (κ1) is 25.5. The number of aliphatic carboxylic acids is 1. The lowest BCUT2D eigenvalue weighted by Crippen LogP contribution is -2.27. The molecule has 0 fully saturated rings. The average Bonchev–Trinajstić information content (AvgIpc) is 2.59. The number of benzene rings is 1. The highest BCUT2D eigenvalue weighted by Gasteiger charge is 2.31. The molecule has 0 amide bonds. The molecular formula is C22H36O4P+. The van der Waals surface area contributed by atoms with Crippen molar-refractivity contribution in [2.75, 3.05) is 0 Å². The van der Waals surface area contributed by atoms with Gasteiger partial charge in [0.1, 0.15) is 0 Å². The molecule has 1 rings (SSSR count).